The van der Waals surface area contributed by atoms with Crippen molar-refractivity contribution in [3.05, 3.63) is 59.2 Å². The van der Waals surface area contributed by atoms with Crippen LogP contribution in [0.5, 0.6) is 0 Å². The number of hydrogen-bond acceptors (Lipinski definition) is 7. The first-order chi connectivity index (χ1) is 15.0. The molecule has 0 saturated carbocycles. The molecule has 0 radical (unpaired) electrons. The molecule has 2 aromatic rings. The van der Waals surface area contributed by atoms with E-state index < -0.39 is 37.0 Å². The third-order valence-electron chi connectivity index (χ3n) is 6.28. The summed E-state index contributed by atoms with van der Waals surface area (Å²) < 4.78 is 32.4. The quantitative estimate of drug-likeness (QED) is 0.735. The van der Waals surface area contributed by atoms with Gasteiger partial charge in [0.2, 0.25) is 0 Å². The summed E-state index contributed by atoms with van der Waals surface area (Å²) >= 11 is 0. The number of nitrogens with zero attached hydrogens (tertiary/aromatic N) is 4. The van der Waals surface area contributed by atoms with Crippen LogP contribution >= 0.6 is 0 Å². The molecular weight excluding hydrogens is 431 g/mol. The minimum atomic E-state index is -2.80. The van der Waals surface area contributed by atoms with Gasteiger partial charge in [0, 0.05) is 24.0 Å². The van der Waals surface area contributed by atoms with E-state index in [2.05, 4.69) is 19.7 Å². The van der Waals surface area contributed by atoms with Crippen LogP contribution in [0.1, 0.15) is 48.8 Å². The topological polar surface area (TPSA) is 134 Å². The van der Waals surface area contributed by atoms with Gasteiger partial charge in [0.1, 0.15) is 33.7 Å². The number of carbonyl (C=O) groups is 1. The fourth-order valence-corrected chi connectivity index (χ4v) is 7.45. The van der Waals surface area contributed by atoms with Crippen LogP contribution in [-0.4, -0.2) is 37.5 Å². The smallest absolute Gasteiger partial charge is 0.274 e. The number of hydrogen-bond donors (Lipinski definition) is 2. The van der Waals surface area contributed by atoms with Crippen molar-refractivity contribution in [3.8, 4) is 6.07 Å². The molecule has 10 heteroatoms. The van der Waals surface area contributed by atoms with Crippen LogP contribution in [0, 0.1) is 17.1 Å². The second kappa shape index (κ2) is 7.38. The number of aromatic nitrogens is 1. The van der Waals surface area contributed by atoms with E-state index in [1.165, 1.54) is 36.5 Å². The van der Waals surface area contributed by atoms with Crippen molar-refractivity contribution in [2.75, 3.05) is 11.9 Å². The first kappa shape index (κ1) is 21.9. The summed E-state index contributed by atoms with van der Waals surface area (Å²) in [6.45, 7) is 5.63. The predicted octanol–water partition coefficient (Wildman–Crippen LogP) is 2.95. The SMILES string of the molecule is CC1(C)C(N)=N[C@](C)(c2cc(NC(=O)c3ccc(C#N)cn3)ccc2F)[C@@H]2CCN=[S@@]21=O. The molecule has 3 atom stereocenters. The molecule has 1 aromatic heterocycles. The van der Waals surface area contributed by atoms with Crippen LogP contribution in [0.25, 0.3) is 0 Å². The number of anilines is 1. The fraction of sp³-hybridized carbons (Fsp3) is 0.364. The van der Waals surface area contributed by atoms with E-state index in [1.54, 1.807) is 20.8 Å². The minimum absolute atomic E-state index is 0.111. The van der Waals surface area contributed by atoms with E-state index in [0.717, 1.165) is 0 Å². The molecule has 1 aromatic carbocycles. The van der Waals surface area contributed by atoms with Gasteiger partial charge in [0.25, 0.3) is 5.91 Å². The zero-order chi connectivity index (χ0) is 23.3. The Morgan fingerprint density at radius 3 is 2.72 bits per heavy atom. The third-order valence-corrected chi connectivity index (χ3v) is 9.99. The van der Waals surface area contributed by atoms with Crippen LogP contribution in [0.3, 0.4) is 0 Å². The van der Waals surface area contributed by atoms with E-state index in [1.807, 2.05) is 6.07 Å². The van der Waals surface area contributed by atoms with Crippen LogP contribution in [0.2, 0.25) is 0 Å². The maximum absolute atomic E-state index is 15.1. The molecule has 8 nitrogen and oxygen atoms in total. The van der Waals surface area contributed by atoms with Crippen LogP contribution in [-0.2, 0) is 15.3 Å². The van der Waals surface area contributed by atoms with E-state index in [4.69, 9.17) is 11.0 Å². The van der Waals surface area contributed by atoms with Gasteiger partial charge in [-0.15, -0.1) is 0 Å². The molecule has 32 heavy (non-hydrogen) atoms. The normalized spacial score (nSPS) is 28.1. The lowest BCUT2D eigenvalue weighted by molar-refractivity contribution is 0.102. The average molecular weight is 455 g/mol. The Kier molecular flexibility index (Phi) is 5.05. The highest BCUT2D eigenvalue weighted by Crippen LogP contribution is 2.48. The number of nitrogens with one attached hydrogen (secondary N) is 1. The van der Waals surface area contributed by atoms with Crippen molar-refractivity contribution < 1.29 is 13.4 Å². The Bertz CT molecular complexity index is 1300. The Hall–Kier alpha value is -3.32. The molecule has 0 spiro atoms. The molecule has 3 N–H and O–H groups in total. The van der Waals surface area contributed by atoms with Gasteiger partial charge in [0.05, 0.1) is 20.5 Å². The van der Waals surface area contributed by atoms with Crippen LogP contribution in [0.4, 0.5) is 10.1 Å². The Balaban J connectivity index is 1.74. The second-order valence-electron chi connectivity index (χ2n) is 8.55. The lowest BCUT2D eigenvalue weighted by Crippen LogP contribution is -2.58. The highest BCUT2D eigenvalue weighted by atomic mass is 32.2. The van der Waals surface area contributed by atoms with Crippen molar-refractivity contribution in [2.24, 2.45) is 15.1 Å². The Labute approximate surface area is 185 Å². The van der Waals surface area contributed by atoms with Crippen molar-refractivity contribution >= 4 is 27.2 Å². The van der Waals surface area contributed by atoms with Gasteiger partial charge in [-0.2, -0.15) is 5.26 Å². The maximum atomic E-state index is 15.1. The first-order valence-electron chi connectivity index (χ1n) is 10.1. The molecule has 2 aliphatic heterocycles. The first-order valence-corrected chi connectivity index (χ1v) is 11.7. The summed E-state index contributed by atoms with van der Waals surface area (Å²) in [5, 5.41) is 11.0. The summed E-state index contributed by atoms with van der Waals surface area (Å²) in [5.74, 6) is -0.876. The molecule has 1 amide bonds. The number of halogens is 1. The minimum Gasteiger partial charge on any atom is -0.386 e. The van der Waals surface area contributed by atoms with Crippen molar-refractivity contribution in [2.45, 2.75) is 42.7 Å². The summed E-state index contributed by atoms with van der Waals surface area (Å²) in [5.41, 5.74) is 5.99. The van der Waals surface area contributed by atoms with Gasteiger partial charge in [0.15, 0.2) is 0 Å². The predicted molar refractivity (Wildman–Crippen MR) is 120 cm³/mol. The molecule has 4 rings (SSSR count). The number of amidine groups is 1. The van der Waals surface area contributed by atoms with Gasteiger partial charge in [-0.3, -0.25) is 9.79 Å². The third kappa shape index (κ3) is 3.15. The van der Waals surface area contributed by atoms with Crippen LogP contribution in [0.15, 0.2) is 45.9 Å². The highest BCUT2D eigenvalue weighted by Gasteiger charge is 2.56. The lowest BCUT2D eigenvalue weighted by atomic mass is 9.85. The summed E-state index contributed by atoms with van der Waals surface area (Å²) in [6.07, 6.45) is 1.80. The number of nitriles is 1. The highest BCUT2D eigenvalue weighted by molar-refractivity contribution is 7.96. The molecule has 2 aliphatic rings. The molecule has 3 heterocycles. The zero-order valence-corrected chi connectivity index (χ0v) is 18.7. The van der Waals surface area contributed by atoms with Gasteiger partial charge >= 0.3 is 0 Å². The van der Waals surface area contributed by atoms with E-state index in [-0.39, 0.29) is 17.1 Å². The standard InChI is InChI=1S/C22H23FN6O2S/c1-21(2)20(25)29-22(3,18-8-9-27-32(18,21)31)15-10-14(5-6-16(15)23)28-19(30)17-7-4-13(11-24)12-26-17/h4-7,10,12,18H,8-9H2,1-3H3,(H2,25,29)(H,28,30)/t18-,22+,32+/m0/s1. The maximum Gasteiger partial charge on any atom is 0.274 e. The van der Waals surface area contributed by atoms with Gasteiger partial charge < -0.3 is 11.1 Å². The number of pyridine rings is 1. The summed E-state index contributed by atoms with van der Waals surface area (Å²) in [4.78, 5) is 21.2. The molecular formula is C22H23FN6O2S. The zero-order valence-electron chi connectivity index (χ0n) is 17.9. The number of nitrogens with two attached hydrogens (primary N) is 1. The molecule has 0 unspecified atom stereocenters. The van der Waals surface area contributed by atoms with E-state index >= 15 is 4.39 Å². The molecule has 0 fully saturated rings. The Morgan fingerprint density at radius 2 is 2.06 bits per heavy atom. The van der Waals surface area contributed by atoms with Crippen LogP contribution < -0.4 is 11.1 Å². The Morgan fingerprint density at radius 1 is 1.31 bits per heavy atom. The molecule has 0 aliphatic carbocycles. The summed E-state index contributed by atoms with van der Waals surface area (Å²) in [7, 11) is -2.80. The van der Waals surface area contributed by atoms with Gasteiger partial charge in [-0.05, 0) is 57.5 Å². The number of benzene rings is 1. The second-order valence-corrected chi connectivity index (χ2v) is 11.5. The number of fused-ring (bicyclic) bond motifs is 1. The number of aliphatic imine (C=N–C) groups is 1. The monoisotopic (exact) mass is 454 g/mol. The lowest BCUT2D eigenvalue weighted by Gasteiger charge is -2.44. The molecule has 166 valence electrons. The van der Waals surface area contributed by atoms with Crippen molar-refractivity contribution in [1.82, 2.24) is 4.98 Å². The van der Waals surface area contributed by atoms with E-state index in [9.17, 15) is 9.00 Å². The summed E-state index contributed by atoms with van der Waals surface area (Å²) in [6, 6.07) is 9.02. The van der Waals surface area contributed by atoms with E-state index in [0.29, 0.717) is 24.2 Å². The molecule has 0 bridgehead atoms. The van der Waals surface area contributed by atoms with Crippen molar-refractivity contribution in [1.29, 1.82) is 5.26 Å². The van der Waals surface area contributed by atoms with Gasteiger partial charge in [-0.25, -0.2) is 17.9 Å². The number of carbonyl (C=O) groups excluding carboxylic acids is 1. The molecule has 0 saturated heterocycles. The fourth-order valence-electron chi connectivity index (χ4n) is 4.29. The van der Waals surface area contributed by atoms with Crippen molar-refractivity contribution in [3.63, 3.8) is 0 Å². The largest absolute Gasteiger partial charge is 0.386 e. The number of amides is 1. The average Bonchev–Trinajstić information content (AvgIpc) is 3.18. The van der Waals surface area contributed by atoms with Gasteiger partial charge in [-0.1, -0.05) is 0 Å². The number of rotatable bonds is 3.